The van der Waals surface area contributed by atoms with Crippen molar-refractivity contribution in [3.8, 4) is 0 Å². The summed E-state index contributed by atoms with van der Waals surface area (Å²) in [6.07, 6.45) is 0.256. The van der Waals surface area contributed by atoms with Crippen molar-refractivity contribution in [1.29, 1.82) is 0 Å². The van der Waals surface area contributed by atoms with Crippen LogP contribution in [0.5, 0.6) is 0 Å². The third kappa shape index (κ3) is 2.95. The predicted octanol–water partition coefficient (Wildman–Crippen LogP) is 3.17. The minimum Gasteiger partial charge on any atom is -0.303 e. The Labute approximate surface area is 135 Å². The first kappa shape index (κ1) is 14.9. The van der Waals surface area contributed by atoms with E-state index in [2.05, 4.69) is 10.3 Å². The van der Waals surface area contributed by atoms with Gasteiger partial charge in [-0.15, -0.1) is 0 Å². The van der Waals surface area contributed by atoms with E-state index in [4.69, 9.17) is 0 Å². The molecular weight excluding hydrogens is 318 g/mol. The Kier molecular flexibility index (Phi) is 4.08. The number of benzene rings is 1. The van der Waals surface area contributed by atoms with Gasteiger partial charge in [0.1, 0.15) is 0 Å². The first-order chi connectivity index (χ1) is 10.5. The monoisotopic (exact) mass is 333 g/mol. The number of fused-ring (bicyclic) bond motifs is 1. The van der Waals surface area contributed by atoms with Gasteiger partial charge in [-0.05, 0) is 25.5 Å². The van der Waals surface area contributed by atoms with Gasteiger partial charge in [-0.1, -0.05) is 34.8 Å². The Morgan fingerprint density at radius 3 is 2.86 bits per heavy atom. The van der Waals surface area contributed by atoms with Crippen molar-refractivity contribution in [3.63, 3.8) is 0 Å². The van der Waals surface area contributed by atoms with Crippen LogP contribution >= 0.6 is 22.7 Å². The molecule has 0 aliphatic carbocycles. The Morgan fingerprint density at radius 2 is 2.18 bits per heavy atom. The zero-order valence-electron chi connectivity index (χ0n) is 12.3. The minimum atomic E-state index is -0.130. The summed E-state index contributed by atoms with van der Waals surface area (Å²) in [5, 5.41) is 5.22. The van der Waals surface area contributed by atoms with E-state index in [-0.39, 0.29) is 17.2 Å². The number of amides is 1. The maximum atomic E-state index is 12.0. The number of anilines is 1. The van der Waals surface area contributed by atoms with Crippen LogP contribution in [0.2, 0.25) is 0 Å². The van der Waals surface area contributed by atoms with Gasteiger partial charge in [0.2, 0.25) is 5.91 Å². The van der Waals surface area contributed by atoms with Crippen LogP contribution < -0.4 is 10.2 Å². The van der Waals surface area contributed by atoms with Crippen LogP contribution in [0.25, 0.3) is 10.2 Å². The van der Waals surface area contributed by atoms with Crippen LogP contribution in [-0.4, -0.2) is 15.5 Å². The van der Waals surface area contributed by atoms with E-state index in [1.807, 2.05) is 32.0 Å². The fraction of sp³-hybridized carbons (Fsp3) is 0.267. The highest BCUT2D eigenvalue weighted by atomic mass is 32.1. The molecule has 0 aliphatic heterocycles. The molecule has 0 atom stereocenters. The van der Waals surface area contributed by atoms with Crippen molar-refractivity contribution in [2.45, 2.75) is 26.8 Å². The van der Waals surface area contributed by atoms with Gasteiger partial charge in [-0.2, -0.15) is 0 Å². The first-order valence-electron chi connectivity index (χ1n) is 6.85. The molecular formula is C15H15N3O2S2. The Hall–Kier alpha value is -1.99. The van der Waals surface area contributed by atoms with Crippen molar-refractivity contribution < 1.29 is 4.79 Å². The second-order valence-corrected chi connectivity index (χ2v) is 6.88. The largest absolute Gasteiger partial charge is 0.307 e. The van der Waals surface area contributed by atoms with Gasteiger partial charge in [0.15, 0.2) is 5.13 Å². The summed E-state index contributed by atoms with van der Waals surface area (Å²) in [5.41, 5.74) is 2.90. The van der Waals surface area contributed by atoms with Crippen LogP contribution in [0.15, 0.2) is 28.4 Å². The van der Waals surface area contributed by atoms with Crippen LogP contribution in [0, 0.1) is 13.8 Å². The molecule has 3 aromatic rings. The molecule has 114 valence electrons. The number of nitrogens with one attached hydrogen (secondary N) is 1. The molecule has 0 unspecified atom stereocenters. The smallest absolute Gasteiger partial charge is 0.303 e. The maximum Gasteiger partial charge on any atom is 0.307 e. The molecule has 0 saturated carbocycles. The summed E-state index contributed by atoms with van der Waals surface area (Å²) in [6.45, 7) is 4.26. The summed E-state index contributed by atoms with van der Waals surface area (Å²) >= 11 is 2.62. The van der Waals surface area contributed by atoms with Gasteiger partial charge in [0.25, 0.3) is 0 Å². The second-order valence-electron chi connectivity index (χ2n) is 5.03. The van der Waals surface area contributed by atoms with E-state index in [1.54, 1.807) is 9.95 Å². The topological polar surface area (TPSA) is 64.0 Å². The maximum absolute atomic E-state index is 12.0. The lowest BCUT2D eigenvalue weighted by Gasteiger charge is -2.04. The lowest BCUT2D eigenvalue weighted by Crippen LogP contribution is -2.20. The number of aromatic nitrogens is 2. The number of carbonyl (C=O) groups is 1. The number of thiazole rings is 2. The standard InChI is InChI=1S/C15H15N3O2S2/c1-9-4-3-5-11-13(9)17-14(22-11)16-12(19)6-7-18-10(2)8-21-15(18)20/h3-5,8H,6-7H2,1-2H3,(H,16,17,19). The third-order valence-corrected chi connectivity index (χ3v) is 5.22. The highest BCUT2D eigenvalue weighted by molar-refractivity contribution is 7.22. The summed E-state index contributed by atoms with van der Waals surface area (Å²) in [4.78, 5) is 28.1. The molecule has 1 N–H and O–H groups in total. The van der Waals surface area contributed by atoms with Gasteiger partial charge >= 0.3 is 4.87 Å². The molecule has 1 aromatic carbocycles. The van der Waals surface area contributed by atoms with Gasteiger partial charge in [-0.3, -0.25) is 9.59 Å². The molecule has 0 bridgehead atoms. The van der Waals surface area contributed by atoms with Gasteiger partial charge < -0.3 is 9.88 Å². The quantitative estimate of drug-likeness (QED) is 0.797. The number of carbonyl (C=O) groups excluding carboxylic acids is 1. The number of aryl methyl sites for hydroxylation is 2. The Balaban J connectivity index is 1.68. The van der Waals surface area contributed by atoms with E-state index < -0.39 is 0 Å². The molecule has 0 radical (unpaired) electrons. The average molecular weight is 333 g/mol. The molecule has 0 aliphatic rings. The molecule has 1 amide bonds. The Bertz CT molecular complexity index is 892. The summed E-state index contributed by atoms with van der Waals surface area (Å²) in [5.74, 6) is -0.130. The number of nitrogens with zero attached hydrogens (tertiary/aromatic N) is 2. The van der Waals surface area contributed by atoms with E-state index in [1.165, 1.54) is 11.3 Å². The van der Waals surface area contributed by atoms with Crippen molar-refractivity contribution in [2.75, 3.05) is 5.32 Å². The fourth-order valence-electron chi connectivity index (χ4n) is 2.21. The molecule has 7 heteroatoms. The van der Waals surface area contributed by atoms with E-state index in [0.29, 0.717) is 11.7 Å². The number of hydrogen-bond acceptors (Lipinski definition) is 5. The molecule has 0 fully saturated rings. The predicted molar refractivity (Wildman–Crippen MR) is 90.9 cm³/mol. The lowest BCUT2D eigenvalue weighted by molar-refractivity contribution is -0.116. The molecule has 0 spiro atoms. The van der Waals surface area contributed by atoms with Crippen LogP contribution in [0.3, 0.4) is 0 Å². The number of hydrogen-bond donors (Lipinski definition) is 1. The molecule has 22 heavy (non-hydrogen) atoms. The van der Waals surface area contributed by atoms with Gasteiger partial charge in [0.05, 0.1) is 10.2 Å². The zero-order valence-corrected chi connectivity index (χ0v) is 13.9. The van der Waals surface area contributed by atoms with Gasteiger partial charge in [0, 0.05) is 24.0 Å². The highest BCUT2D eigenvalue weighted by Crippen LogP contribution is 2.27. The van der Waals surface area contributed by atoms with E-state index in [0.717, 1.165) is 32.8 Å². The molecule has 2 aromatic heterocycles. The summed E-state index contributed by atoms with van der Waals surface area (Å²) in [7, 11) is 0. The second kappa shape index (κ2) is 6.02. The van der Waals surface area contributed by atoms with Crippen molar-refractivity contribution in [1.82, 2.24) is 9.55 Å². The molecule has 2 heterocycles. The summed E-state index contributed by atoms with van der Waals surface area (Å²) in [6, 6.07) is 5.97. The van der Waals surface area contributed by atoms with E-state index in [9.17, 15) is 9.59 Å². The summed E-state index contributed by atoms with van der Waals surface area (Å²) < 4.78 is 2.67. The van der Waals surface area contributed by atoms with E-state index >= 15 is 0 Å². The van der Waals surface area contributed by atoms with Crippen LogP contribution in [-0.2, 0) is 11.3 Å². The first-order valence-corrected chi connectivity index (χ1v) is 8.55. The van der Waals surface area contributed by atoms with Crippen LogP contribution in [0.4, 0.5) is 5.13 Å². The highest BCUT2D eigenvalue weighted by Gasteiger charge is 2.10. The molecule has 3 rings (SSSR count). The molecule has 5 nitrogen and oxygen atoms in total. The third-order valence-electron chi connectivity index (χ3n) is 3.41. The minimum absolute atomic E-state index is 0.0269. The Morgan fingerprint density at radius 1 is 1.36 bits per heavy atom. The average Bonchev–Trinajstić information content (AvgIpc) is 3.02. The van der Waals surface area contributed by atoms with Crippen molar-refractivity contribution >= 4 is 43.9 Å². The number of para-hydroxylation sites is 1. The van der Waals surface area contributed by atoms with Crippen LogP contribution in [0.1, 0.15) is 17.7 Å². The van der Waals surface area contributed by atoms with Crippen molar-refractivity contribution in [2.24, 2.45) is 0 Å². The zero-order chi connectivity index (χ0) is 15.7. The fourth-order valence-corrected chi connectivity index (χ4v) is 3.93. The SMILES string of the molecule is Cc1cccc2sc(NC(=O)CCn3c(C)csc3=O)nc12. The molecule has 0 saturated heterocycles. The lowest BCUT2D eigenvalue weighted by atomic mass is 10.2. The van der Waals surface area contributed by atoms with Crippen molar-refractivity contribution in [3.05, 3.63) is 44.5 Å². The normalized spacial score (nSPS) is 11.0. The number of rotatable bonds is 4. The van der Waals surface area contributed by atoms with Gasteiger partial charge in [-0.25, -0.2) is 4.98 Å².